The molecule has 1 aromatic carbocycles. The van der Waals surface area contributed by atoms with E-state index < -0.39 is 0 Å². The molecule has 1 fully saturated rings. The molecule has 1 aliphatic rings. The average molecular weight is 265 g/mol. The molecule has 2 rings (SSSR count). The maximum Gasteiger partial charge on any atom is 0.176 e. The highest BCUT2D eigenvalue weighted by atomic mass is 32.2. The summed E-state index contributed by atoms with van der Waals surface area (Å²) < 4.78 is 5.30. The number of Topliss-reactive ketones (excluding diaryl/α,β-unsaturated/α-hetero) is 1. The van der Waals surface area contributed by atoms with Crippen LogP contribution in [-0.2, 0) is 4.74 Å². The van der Waals surface area contributed by atoms with Crippen LogP contribution in [-0.4, -0.2) is 49.8 Å². The molecule has 0 saturated carbocycles. The van der Waals surface area contributed by atoms with Gasteiger partial charge in [-0.3, -0.25) is 9.69 Å². The second-order valence-electron chi connectivity index (χ2n) is 4.53. The molecule has 1 aromatic rings. The first-order valence-electron chi connectivity index (χ1n) is 6.15. The van der Waals surface area contributed by atoms with E-state index in [0.717, 1.165) is 25.1 Å². The average Bonchev–Trinajstić information content (AvgIpc) is 2.86. The Balaban J connectivity index is 1.91. The number of carbonyl (C=O) groups is 1. The van der Waals surface area contributed by atoms with Gasteiger partial charge in [-0.25, -0.2) is 0 Å². The molecule has 1 aliphatic heterocycles. The fourth-order valence-corrected chi connectivity index (χ4v) is 2.61. The lowest BCUT2D eigenvalue weighted by Crippen LogP contribution is -2.29. The van der Waals surface area contributed by atoms with Gasteiger partial charge < -0.3 is 4.74 Å². The third-order valence-corrected chi connectivity index (χ3v) is 4.09. The Morgan fingerprint density at radius 1 is 1.44 bits per heavy atom. The van der Waals surface area contributed by atoms with E-state index in [1.807, 2.05) is 30.5 Å². The van der Waals surface area contributed by atoms with Crippen LogP contribution in [0.3, 0.4) is 0 Å². The number of rotatable bonds is 5. The van der Waals surface area contributed by atoms with Gasteiger partial charge in [0.15, 0.2) is 5.78 Å². The first-order valence-corrected chi connectivity index (χ1v) is 7.38. The van der Waals surface area contributed by atoms with Gasteiger partial charge in [0.25, 0.3) is 0 Å². The molecule has 0 spiro atoms. The van der Waals surface area contributed by atoms with Gasteiger partial charge in [0, 0.05) is 30.7 Å². The molecule has 4 heteroatoms. The molecule has 0 amide bonds. The van der Waals surface area contributed by atoms with Crippen molar-refractivity contribution in [1.29, 1.82) is 0 Å². The highest BCUT2D eigenvalue weighted by molar-refractivity contribution is 7.98. The minimum absolute atomic E-state index is 0.194. The normalized spacial score (nSPS) is 20.2. The minimum Gasteiger partial charge on any atom is -0.380 e. The molecule has 1 saturated heterocycles. The first-order chi connectivity index (χ1) is 8.72. The van der Waals surface area contributed by atoms with Crippen LogP contribution in [0.5, 0.6) is 0 Å². The Labute approximate surface area is 113 Å². The standard InChI is InChI=1S/C14H19NO2S/c1-17-12-7-8-15(9-12)10-14(16)11-3-5-13(18-2)6-4-11/h3-6,12H,7-10H2,1-2H3. The topological polar surface area (TPSA) is 29.5 Å². The van der Waals surface area contributed by atoms with Crippen LogP contribution in [0.1, 0.15) is 16.8 Å². The quantitative estimate of drug-likeness (QED) is 0.603. The summed E-state index contributed by atoms with van der Waals surface area (Å²) in [5.41, 5.74) is 0.800. The number of carbonyl (C=O) groups excluding carboxylic acids is 1. The van der Waals surface area contributed by atoms with Crippen LogP contribution in [0.15, 0.2) is 29.2 Å². The second-order valence-corrected chi connectivity index (χ2v) is 5.41. The lowest BCUT2D eigenvalue weighted by molar-refractivity contribution is 0.0899. The summed E-state index contributed by atoms with van der Waals surface area (Å²) in [6, 6.07) is 7.83. The van der Waals surface area contributed by atoms with Crippen LogP contribution in [0, 0.1) is 0 Å². The highest BCUT2D eigenvalue weighted by Gasteiger charge is 2.23. The lowest BCUT2D eigenvalue weighted by atomic mass is 10.1. The van der Waals surface area contributed by atoms with Crippen molar-refractivity contribution < 1.29 is 9.53 Å². The van der Waals surface area contributed by atoms with Gasteiger partial charge in [-0.1, -0.05) is 12.1 Å². The first kappa shape index (κ1) is 13.6. The zero-order chi connectivity index (χ0) is 13.0. The van der Waals surface area contributed by atoms with Gasteiger partial charge in [0.05, 0.1) is 12.6 Å². The van der Waals surface area contributed by atoms with Crippen molar-refractivity contribution in [3.05, 3.63) is 29.8 Å². The Bertz CT molecular complexity index is 405. The van der Waals surface area contributed by atoms with Crippen LogP contribution >= 0.6 is 11.8 Å². The summed E-state index contributed by atoms with van der Waals surface area (Å²) in [5.74, 6) is 0.194. The van der Waals surface area contributed by atoms with E-state index in [4.69, 9.17) is 4.74 Å². The van der Waals surface area contributed by atoms with Gasteiger partial charge >= 0.3 is 0 Å². The van der Waals surface area contributed by atoms with Crippen LogP contribution in [0.25, 0.3) is 0 Å². The largest absolute Gasteiger partial charge is 0.380 e. The number of ether oxygens (including phenoxy) is 1. The van der Waals surface area contributed by atoms with Gasteiger partial charge in [-0.05, 0) is 24.8 Å². The summed E-state index contributed by atoms with van der Waals surface area (Å²) in [6.45, 7) is 2.32. The summed E-state index contributed by atoms with van der Waals surface area (Å²) in [7, 11) is 1.73. The number of benzene rings is 1. The third kappa shape index (κ3) is 3.34. The maximum atomic E-state index is 12.1. The summed E-state index contributed by atoms with van der Waals surface area (Å²) in [6.07, 6.45) is 3.35. The van der Waals surface area contributed by atoms with Crippen LogP contribution in [0.2, 0.25) is 0 Å². The molecule has 1 atom stereocenters. The Kier molecular flexibility index (Phi) is 4.80. The van der Waals surface area contributed by atoms with E-state index in [2.05, 4.69) is 4.90 Å². The van der Waals surface area contributed by atoms with Crippen LogP contribution in [0.4, 0.5) is 0 Å². The molecule has 98 valence electrons. The van der Waals surface area contributed by atoms with Crippen molar-refractivity contribution in [2.75, 3.05) is 33.0 Å². The van der Waals surface area contributed by atoms with Crippen molar-refractivity contribution >= 4 is 17.5 Å². The Morgan fingerprint density at radius 3 is 2.72 bits per heavy atom. The van der Waals surface area contributed by atoms with Gasteiger partial charge in [-0.15, -0.1) is 11.8 Å². The van der Waals surface area contributed by atoms with E-state index in [1.165, 1.54) is 4.90 Å². The SMILES string of the molecule is COC1CCN(CC(=O)c2ccc(SC)cc2)C1. The molecule has 0 N–H and O–H groups in total. The van der Waals surface area contributed by atoms with Gasteiger partial charge in [-0.2, -0.15) is 0 Å². The minimum atomic E-state index is 0.194. The fourth-order valence-electron chi connectivity index (χ4n) is 2.20. The number of thioether (sulfide) groups is 1. The zero-order valence-electron chi connectivity index (χ0n) is 10.9. The van der Waals surface area contributed by atoms with Crippen LogP contribution < -0.4 is 0 Å². The summed E-state index contributed by atoms with van der Waals surface area (Å²) in [5, 5.41) is 0. The van der Waals surface area contributed by atoms with Crippen molar-refractivity contribution in [1.82, 2.24) is 4.90 Å². The van der Waals surface area contributed by atoms with E-state index in [-0.39, 0.29) is 11.9 Å². The Hall–Kier alpha value is -0.840. The Morgan fingerprint density at radius 2 is 2.17 bits per heavy atom. The second kappa shape index (κ2) is 6.36. The molecule has 18 heavy (non-hydrogen) atoms. The van der Waals surface area contributed by atoms with Crippen molar-refractivity contribution in [2.24, 2.45) is 0 Å². The summed E-state index contributed by atoms with van der Waals surface area (Å²) >= 11 is 1.69. The smallest absolute Gasteiger partial charge is 0.176 e. The van der Waals surface area contributed by atoms with E-state index >= 15 is 0 Å². The number of hydrogen-bond acceptors (Lipinski definition) is 4. The zero-order valence-corrected chi connectivity index (χ0v) is 11.7. The molecule has 0 aliphatic carbocycles. The number of methoxy groups -OCH3 is 1. The molecule has 0 aromatic heterocycles. The van der Waals surface area contributed by atoms with Crippen molar-refractivity contribution in [3.63, 3.8) is 0 Å². The molecule has 1 unspecified atom stereocenters. The third-order valence-electron chi connectivity index (χ3n) is 3.34. The van der Waals surface area contributed by atoms with E-state index in [9.17, 15) is 4.79 Å². The molecule has 1 heterocycles. The van der Waals surface area contributed by atoms with Crippen molar-refractivity contribution in [3.8, 4) is 0 Å². The maximum absolute atomic E-state index is 12.1. The fraction of sp³-hybridized carbons (Fsp3) is 0.500. The number of likely N-dealkylation sites (tertiary alicyclic amines) is 1. The van der Waals surface area contributed by atoms with E-state index in [0.29, 0.717) is 6.54 Å². The summed E-state index contributed by atoms with van der Waals surface area (Å²) in [4.78, 5) is 15.5. The number of nitrogens with zero attached hydrogens (tertiary/aromatic N) is 1. The predicted molar refractivity (Wildman–Crippen MR) is 74.4 cm³/mol. The highest BCUT2D eigenvalue weighted by Crippen LogP contribution is 2.16. The van der Waals surface area contributed by atoms with Gasteiger partial charge in [0.1, 0.15) is 0 Å². The van der Waals surface area contributed by atoms with Crippen molar-refractivity contribution in [2.45, 2.75) is 17.4 Å². The molecule has 0 bridgehead atoms. The molecule has 3 nitrogen and oxygen atoms in total. The molecular weight excluding hydrogens is 246 g/mol. The molecule has 0 radical (unpaired) electrons. The van der Waals surface area contributed by atoms with E-state index in [1.54, 1.807) is 18.9 Å². The monoisotopic (exact) mass is 265 g/mol. The molecular formula is C14H19NO2S. The lowest BCUT2D eigenvalue weighted by Gasteiger charge is -2.14. The number of ketones is 1. The van der Waals surface area contributed by atoms with Gasteiger partial charge in [0.2, 0.25) is 0 Å². The predicted octanol–water partition coefficient (Wildman–Crippen LogP) is 2.31. The number of hydrogen-bond donors (Lipinski definition) is 0.